The number of allylic oxidation sites excluding steroid dienone is 3. The zero-order valence-electron chi connectivity index (χ0n) is 18.9. The summed E-state index contributed by atoms with van der Waals surface area (Å²) < 4.78 is 0. The maximum absolute atomic E-state index is 12.9. The molecule has 0 radical (unpaired) electrons. The van der Waals surface area contributed by atoms with Gasteiger partial charge in [-0.15, -0.1) is 0 Å². The number of Topliss-reactive ketones (excluding diaryl/α,β-unsaturated/α-hetero) is 1. The molecule has 1 heterocycles. The van der Waals surface area contributed by atoms with Gasteiger partial charge < -0.3 is 10.6 Å². The summed E-state index contributed by atoms with van der Waals surface area (Å²) in [6.07, 6.45) is 3.01. The molecular formula is C27H27N3O2S. The molecule has 1 amide bonds. The first kappa shape index (κ1) is 22.9. The van der Waals surface area contributed by atoms with Crippen molar-refractivity contribution < 1.29 is 9.59 Å². The number of ketones is 1. The smallest absolute Gasteiger partial charge is 0.234 e. The van der Waals surface area contributed by atoms with Gasteiger partial charge in [0.25, 0.3) is 0 Å². The molecule has 0 bridgehead atoms. The molecule has 6 heteroatoms. The Labute approximate surface area is 199 Å². The van der Waals surface area contributed by atoms with E-state index in [1.54, 1.807) is 0 Å². The van der Waals surface area contributed by atoms with E-state index in [2.05, 4.69) is 23.6 Å². The molecule has 0 spiro atoms. The van der Waals surface area contributed by atoms with E-state index in [4.69, 9.17) is 0 Å². The van der Waals surface area contributed by atoms with Gasteiger partial charge in [-0.3, -0.25) is 9.59 Å². The van der Waals surface area contributed by atoms with Crippen molar-refractivity contribution in [3.8, 4) is 6.07 Å². The number of anilines is 1. The van der Waals surface area contributed by atoms with E-state index in [-0.39, 0.29) is 17.4 Å². The largest absolute Gasteiger partial charge is 0.352 e. The number of rotatable bonds is 6. The Morgan fingerprint density at radius 3 is 2.55 bits per heavy atom. The van der Waals surface area contributed by atoms with Crippen LogP contribution in [-0.4, -0.2) is 17.4 Å². The third-order valence-electron chi connectivity index (χ3n) is 6.07. The van der Waals surface area contributed by atoms with Crippen LogP contribution in [0, 0.1) is 18.3 Å². The van der Waals surface area contributed by atoms with Crippen molar-refractivity contribution in [3.05, 3.63) is 87.1 Å². The summed E-state index contributed by atoms with van der Waals surface area (Å²) in [5.41, 5.74) is 6.10. The van der Waals surface area contributed by atoms with Gasteiger partial charge in [-0.1, -0.05) is 60.6 Å². The number of amides is 1. The van der Waals surface area contributed by atoms with Crippen molar-refractivity contribution in [2.75, 3.05) is 11.1 Å². The second-order valence-corrected chi connectivity index (χ2v) is 9.37. The van der Waals surface area contributed by atoms with Crippen LogP contribution < -0.4 is 10.6 Å². The zero-order valence-corrected chi connectivity index (χ0v) is 19.7. The first-order valence-electron chi connectivity index (χ1n) is 11.3. The Balaban J connectivity index is 1.57. The number of aryl methyl sites for hydroxylation is 2. The molecule has 0 saturated carbocycles. The second kappa shape index (κ2) is 10.1. The van der Waals surface area contributed by atoms with Crippen LogP contribution in [0.1, 0.15) is 48.8 Å². The number of nitrogens with one attached hydrogen (secondary N) is 2. The molecule has 4 rings (SSSR count). The Bertz CT molecular complexity index is 1170. The molecule has 1 unspecified atom stereocenters. The molecule has 5 nitrogen and oxygen atoms in total. The van der Waals surface area contributed by atoms with Crippen molar-refractivity contribution in [3.63, 3.8) is 0 Å². The van der Waals surface area contributed by atoms with Gasteiger partial charge in [0.05, 0.1) is 28.3 Å². The molecule has 1 atom stereocenters. The van der Waals surface area contributed by atoms with E-state index < -0.39 is 5.92 Å². The van der Waals surface area contributed by atoms with Crippen LogP contribution in [0.3, 0.4) is 0 Å². The predicted octanol–water partition coefficient (Wildman–Crippen LogP) is 5.36. The van der Waals surface area contributed by atoms with Gasteiger partial charge in [0.2, 0.25) is 5.91 Å². The van der Waals surface area contributed by atoms with Crippen molar-refractivity contribution in [2.45, 2.75) is 45.4 Å². The average Bonchev–Trinajstić information content (AvgIpc) is 2.83. The van der Waals surface area contributed by atoms with Crippen LogP contribution in [0.15, 0.2) is 70.4 Å². The first-order chi connectivity index (χ1) is 16.0. The predicted molar refractivity (Wildman–Crippen MR) is 132 cm³/mol. The van der Waals surface area contributed by atoms with E-state index in [0.29, 0.717) is 22.6 Å². The maximum atomic E-state index is 12.9. The van der Waals surface area contributed by atoms with Crippen molar-refractivity contribution in [2.24, 2.45) is 0 Å². The third kappa shape index (κ3) is 5.04. The highest BCUT2D eigenvalue weighted by Gasteiger charge is 2.37. The van der Waals surface area contributed by atoms with Crippen molar-refractivity contribution in [1.82, 2.24) is 5.32 Å². The number of nitriles is 1. The second-order valence-electron chi connectivity index (χ2n) is 8.38. The number of benzene rings is 2. The Hall–Kier alpha value is -3.30. The van der Waals surface area contributed by atoms with Gasteiger partial charge in [0.15, 0.2) is 5.78 Å². The van der Waals surface area contributed by atoms with Gasteiger partial charge in [-0.05, 0) is 49.4 Å². The molecule has 0 aromatic heterocycles. The van der Waals surface area contributed by atoms with Gasteiger partial charge in [-0.25, -0.2) is 0 Å². The van der Waals surface area contributed by atoms with Crippen LogP contribution in [-0.2, 0) is 16.0 Å². The minimum atomic E-state index is -0.396. The van der Waals surface area contributed by atoms with E-state index in [1.165, 1.54) is 17.3 Å². The summed E-state index contributed by atoms with van der Waals surface area (Å²) in [7, 11) is 0. The fourth-order valence-electron chi connectivity index (χ4n) is 4.29. The molecule has 0 fully saturated rings. The van der Waals surface area contributed by atoms with Gasteiger partial charge >= 0.3 is 0 Å². The monoisotopic (exact) mass is 457 g/mol. The Morgan fingerprint density at radius 1 is 1.15 bits per heavy atom. The molecule has 2 aliphatic rings. The number of hydrogen-bond donors (Lipinski definition) is 2. The minimum Gasteiger partial charge on any atom is -0.352 e. The fourth-order valence-corrected chi connectivity index (χ4v) is 5.15. The van der Waals surface area contributed by atoms with E-state index in [1.807, 2.05) is 55.5 Å². The first-order valence-corrected chi connectivity index (χ1v) is 12.2. The lowest BCUT2D eigenvalue weighted by molar-refractivity contribution is -0.116. The highest BCUT2D eigenvalue weighted by molar-refractivity contribution is 8.03. The fraction of sp³-hybridized carbons (Fsp3) is 0.296. The Kier molecular flexibility index (Phi) is 7.00. The molecule has 1 aliphatic carbocycles. The number of nitrogens with zero attached hydrogens (tertiary/aromatic N) is 1. The van der Waals surface area contributed by atoms with Crippen LogP contribution in [0.2, 0.25) is 0 Å². The Morgan fingerprint density at radius 2 is 1.88 bits per heavy atom. The van der Waals surface area contributed by atoms with E-state index in [0.717, 1.165) is 41.8 Å². The molecule has 0 saturated heterocycles. The van der Waals surface area contributed by atoms with Crippen LogP contribution in [0.4, 0.5) is 5.69 Å². The van der Waals surface area contributed by atoms with Crippen LogP contribution in [0.25, 0.3) is 0 Å². The van der Waals surface area contributed by atoms with Gasteiger partial charge in [0.1, 0.15) is 0 Å². The number of thioether (sulfide) groups is 1. The molecule has 2 aromatic rings. The average molecular weight is 458 g/mol. The highest BCUT2D eigenvalue weighted by atomic mass is 32.2. The SMILES string of the molecule is CCc1ccc(NC(=O)CSC2=C(C#N)C(c3ccc(C)cc3)C3=C(CCCC3=O)N2)cc1. The summed E-state index contributed by atoms with van der Waals surface area (Å²) in [4.78, 5) is 25.5. The summed E-state index contributed by atoms with van der Waals surface area (Å²) in [6, 6.07) is 18.1. The lowest BCUT2D eigenvalue weighted by Gasteiger charge is -2.33. The lowest BCUT2D eigenvalue weighted by Crippen LogP contribution is -2.31. The number of carbonyl (C=O) groups excluding carboxylic acids is 2. The molecule has 33 heavy (non-hydrogen) atoms. The highest BCUT2D eigenvalue weighted by Crippen LogP contribution is 2.44. The van der Waals surface area contributed by atoms with Gasteiger partial charge in [0, 0.05) is 23.4 Å². The zero-order chi connectivity index (χ0) is 23.4. The topological polar surface area (TPSA) is 82.0 Å². The lowest BCUT2D eigenvalue weighted by atomic mass is 9.77. The maximum Gasteiger partial charge on any atom is 0.234 e. The molecular weight excluding hydrogens is 430 g/mol. The summed E-state index contributed by atoms with van der Waals surface area (Å²) in [5.74, 6) is -0.270. The molecule has 1 aliphatic heterocycles. The minimum absolute atomic E-state index is 0.0967. The van der Waals surface area contributed by atoms with Crippen LogP contribution >= 0.6 is 11.8 Å². The normalized spacial score (nSPS) is 17.8. The number of hydrogen-bond acceptors (Lipinski definition) is 5. The summed E-state index contributed by atoms with van der Waals surface area (Å²) in [6.45, 7) is 4.10. The van der Waals surface area contributed by atoms with Crippen molar-refractivity contribution in [1.29, 1.82) is 5.26 Å². The van der Waals surface area contributed by atoms with E-state index in [9.17, 15) is 14.9 Å². The van der Waals surface area contributed by atoms with Crippen LogP contribution in [0.5, 0.6) is 0 Å². The molecule has 168 valence electrons. The van der Waals surface area contributed by atoms with Gasteiger partial charge in [-0.2, -0.15) is 5.26 Å². The summed E-state index contributed by atoms with van der Waals surface area (Å²) >= 11 is 1.31. The molecule has 2 N–H and O–H groups in total. The summed E-state index contributed by atoms with van der Waals surface area (Å²) in [5, 5.41) is 17.0. The standard InChI is InChI=1S/C27H27N3O2S/c1-3-18-9-13-20(14-10-18)29-24(32)16-33-27-21(15-28)25(19-11-7-17(2)8-12-19)26-22(30-27)5-4-6-23(26)31/h7-14,25,30H,3-6,16H2,1-2H3,(H,29,32). The quantitative estimate of drug-likeness (QED) is 0.610. The number of dihydropyridines is 1. The van der Waals surface area contributed by atoms with E-state index >= 15 is 0 Å². The number of carbonyl (C=O) groups is 2. The van der Waals surface area contributed by atoms with Crippen molar-refractivity contribution >= 4 is 29.1 Å². The third-order valence-corrected chi connectivity index (χ3v) is 7.08. The molecule has 2 aromatic carbocycles.